The van der Waals surface area contributed by atoms with E-state index in [-0.39, 0.29) is 12.0 Å². The number of hydrogen-bond donors (Lipinski definition) is 0. The Morgan fingerprint density at radius 3 is 2.68 bits per heavy atom. The molecule has 0 spiro atoms. The first-order valence-corrected chi connectivity index (χ1v) is 9.16. The lowest BCUT2D eigenvalue weighted by Crippen LogP contribution is -2.58. The smallest absolute Gasteiger partial charge is 0.261 e. The van der Waals surface area contributed by atoms with E-state index < -0.39 is 0 Å². The molecule has 3 aliphatic rings. The van der Waals surface area contributed by atoms with Gasteiger partial charge in [-0.2, -0.15) is 4.98 Å². The minimum absolute atomic E-state index is 0.0380. The van der Waals surface area contributed by atoms with Crippen molar-refractivity contribution >= 4 is 5.91 Å². The molecule has 0 radical (unpaired) electrons. The highest BCUT2D eigenvalue weighted by molar-refractivity contribution is 5.80. The second-order valence-electron chi connectivity index (χ2n) is 7.34. The van der Waals surface area contributed by atoms with Gasteiger partial charge in [0.1, 0.15) is 11.9 Å². The third-order valence-electron chi connectivity index (χ3n) is 5.41. The van der Waals surface area contributed by atoms with Crippen molar-refractivity contribution in [1.82, 2.24) is 15.0 Å². The molecular weight excluding hydrogens is 318 g/mol. The molecule has 25 heavy (non-hydrogen) atoms. The molecule has 2 saturated carbocycles. The summed E-state index contributed by atoms with van der Waals surface area (Å²) < 4.78 is 11.5. The molecular formula is C19H21N3O3. The Balaban J connectivity index is 1.26. The maximum Gasteiger partial charge on any atom is 0.261 e. The predicted octanol–water partition coefficient (Wildman–Crippen LogP) is 3.00. The number of hydrogen-bond acceptors (Lipinski definition) is 5. The molecule has 3 fully saturated rings. The zero-order valence-electron chi connectivity index (χ0n) is 14.1. The van der Waals surface area contributed by atoms with Crippen LogP contribution in [0, 0.1) is 5.92 Å². The molecule has 0 bridgehead atoms. The van der Waals surface area contributed by atoms with Crippen molar-refractivity contribution in [2.24, 2.45) is 5.92 Å². The Bertz CT molecular complexity index is 789. The summed E-state index contributed by atoms with van der Waals surface area (Å²) in [6.07, 6.45) is 5.60. The Morgan fingerprint density at radius 2 is 1.96 bits per heavy atom. The van der Waals surface area contributed by atoms with E-state index in [9.17, 15) is 4.79 Å². The largest absolute Gasteiger partial charge is 0.486 e. The van der Waals surface area contributed by atoms with Gasteiger partial charge in [0.25, 0.3) is 5.89 Å². The van der Waals surface area contributed by atoms with Gasteiger partial charge in [-0.25, -0.2) is 0 Å². The van der Waals surface area contributed by atoms with Crippen molar-refractivity contribution in [2.45, 2.75) is 44.1 Å². The second-order valence-corrected chi connectivity index (χ2v) is 7.34. The number of nitrogens with zero attached hydrogens (tertiary/aromatic N) is 3. The van der Waals surface area contributed by atoms with E-state index in [1.807, 2.05) is 29.2 Å². The van der Waals surface area contributed by atoms with Gasteiger partial charge in [0, 0.05) is 11.8 Å². The number of carbonyl (C=O) groups is 1. The van der Waals surface area contributed by atoms with Gasteiger partial charge in [-0.15, -0.1) is 0 Å². The fourth-order valence-corrected chi connectivity index (χ4v) is 3.38. The van der Waals surface area contributed by atoms with Crippen molar-refractivity contribution in [1.29, 1.82) is 0 Å². The lowest BCUT2D eigenvalue weighted by Gasteiger charge is -2.42. The summed E-state index contributed by atoms with van der Waals surface area (Å²) in [5.74, 6) is 3.07. The van der Waals surface area contributed by atoms with Crippen LogP contribution in [-0.2, 0) is 4.79 Å². The minimum atomic E-state index is 0.0380. The predicted molar refractivity (Wildman–Crippen MR) is 90.0 cm³/mol. The van der Waals surface area contributed by atoms with E-state index in [2.05, 4.69) is 10.1 Å². The highest BCUT2D eigenvalue weighted by Crippen LogP contribution is 2.40. The monoisotopic (exact) mass is 339 g/mol. The van der Waals surface area contributed by atoms with Crippen molar-refractivity contribution in [3.05, 3.63) is 30.1 Å². The molecule has 1 aromatic heterocycles. The molecule has 2 aliphatic carbocycles. The Hall–Kier alpha value is -2.37. The summed E-state index contributed by atoms with van der Waals surface area (Å²) in [4.78, 5) is 18.6. The van der Waals surface area contributed by atoms with Crippen LogP contribution in [-0.4, -0.2) is 40.1 Å². The molecule has 6 heteroatoms. The highest BCUT2D eigenvalue weighted by Gasteiger charge is 2.38. The first-order chi connectivity index (χ1) is 12.3. The number of ether oxygens (including phenoxy) is 1. The van der Waals surface area contributed by atoms with Gasteiger partial charge in [-0.1, -0.05) is 23.7 Å². The Labute approximate surface area is 146 Å². The van der Waals surface area contributed by atoms with Crippen LogP contribution >= 0.6 is 0 Å². The fraction of sp³-hybridized carbons (Fsp3) is 0.526. The van der Waals surface area contributed by atoms with Crippen LogP contribution in [0.4, 0.5) is 0 Å². The van der Waals surface area contributed by atoms with Gasteiger partial charge in [0.2, 0.25) is 5.91 Å². The van der Waals surface area contributed by atoms with Gasteiger partial charge >= 0.3 is 0 Å². The first-order valence-electron chi connectivity index (χ1n) is 9.16. The van der Waals surface area contributed by atoms with Crippen LogP contribution in [0.5, 0.6) is 5.75 Å². The number of aromatic nitrogens is 2. The maximum atomic E-state index is 12.2. The fourth-order valence-electron chi connectivity index (χ4n) is 3.38. The lowest BCUT2D eigenvalue weighted by atomic mass is 9.83. The summed E-state index contributed by atoms with van der Waals surface area (Å²) in [5.41, 5.74) is 0.825. The molecule has 0 unspecified atom stereocenters. The maximum absolute atomic E-state index is 12.2. The summed E-state index contributed by atoms with van der Waals surface area (Å²) >= 11 is 0. The quantitative estimate of drug-likeness (QED) is 0.837. The standard InChI is InChI=1S/C19H21N3O3/c23-19(13-4-3-5-13)22-10-14(11-22)24-16-7-2-1-6-15(16)18-20-17(21-25-18)12-8-9-12/h1-2,6-7,12-14H,3-5,8-11H2. The highest BCUT2D eigenvalue weighted by atomic mass is 16.5. The SMILES string of the molecule is O=C(C1CCC1)N1CC(Oc2ccccc2-c2nc(C3CC3)no2)C1. The molecule has 1 aromatic carbocycles. The second kappa shape index (κ2) is 5.86. The van der Waals surface area contributed by atoms with Gasteiger partial charge in [-0.3, -0.25) is 4.79 Å². The third-order valence-corrected chi connectivity index (χ3v) is 5.41. The summed E-state index contributed by atoms with van der Waals surface area (Å²) in [6.45, 7) is 1.33. The van der Waals surface area contributed by atoms with E-state index in [4.69, 9.17) is 9.26 Å². The molecule has 1 amide bonds. The molecule has 1 aliphatic heterocycles. The molecule has 2 heterocycles. The molecule has 0 N–H and O–H groups in total. The number of likely N-dealkylation sites (tertiary alicyclic amines) is 1. The number of rotatable bonds is 5. The van der Waals surface area contributed by atoms with Crippen LogP contribution in [0.2, 0.25) is 0 Å². The average Bonchev–Trinajstić information content (AvgIpc) is 3.27. The zero-order valence-corrected chi connectivity index (χ0v) is 14.1. The summed E-state index contributed by atoms with van der Waals surface area (Å²) in [6, 6.07) is 7.74. The third kappa shape index (κ3) is 2.79. The van der Waals surface area contributed by atoms with Gasteiger partial charge in [0.15, 0.2) is 5.82 Å². The molecule has 130 valence electrons. The van der Waals surface area contributed by atoms with Gasteiger partial charge in [0.05, 0.1) is 18.7 Å². The molecule has 2 aromatic rings. The Morgan fingerprint density at radius 1 is 1.16 bits per heavy atom. The van der Waals surface area contributed by atoms with Crippen molar-refractivity contribution in [2.75, 3.05) is 13.1 Å². The van der Waals surface area contributed by atoms with Crippen molar-refractivity contribution < 1.29 is 14.1 Å². The zero-order chi connectivity index (χ0) is 16.8. The van der Waals surface area contributed by atoms with Crippen LogP contribution in [0.15, 0.2) is 28.8 Å². The number of benzene rings is 1. The van der Waals surface area contributed by atoms with E-state index in [1.165, 1.54) is 6.42 Å². The van der Waals surface area contributed by atoms with E-state index in [0.29, 0.717) is 30.8 Å². The minimum Gasteiger partial charge on any atom is -0.486 e. The van der Waals surface area contributed by atoms with Gasteiger partial charge in [-0.05, 0) is 37.8 Å². The van der Waals surface area contributed by atoms with E-state index >= 15 is 0 Å². The Kier molecular flexibility index (Phi) is 3.50. The first kappa shape index (κ1) is 14.9. The lowest BCUT2D eigenvalue weighted by molar-refractivity contribution is -0.147. The van der Waals surface area contributed by atoms with E-state index in [1.54, 1.807) is 0 Å². The summed E-state index contributed by atoms with van der Waals surface area (Å²) in [7, 11) is 0. The number of para-hydroxylation sites is 1. The van der Waals surface area contributed by atoms with Crippen LogP contribution in [0.1, 0.15) is 43.8 Å². The van der Waals surface area contributed by atoms with Crippen LogP contribution in [0.3, 0.4) is 0 Å². The topological polar surface area (TPSA) is 68.5 Å². The van der Waals surface area contributed by atoms with Gasteiger partial charge < -0.3 is 14.2 Å². The normalized spacial score (nSPS) is 20.9. The number of amides is 1. The molecule has 6 nitrogen and oxygen atoms in total. The molecule has 1 saturated heterocycles. The van der Waals surface area contributed by atoms with Crippen LogP contribution in [0.25, 0.3) is 11.5 Å². The van der Waals surface area contributed by atoms with Crippen molar-refractivity contribution in [3.63, 3.8) is 0 Å². The average molecular weight is 339 g/mol. The summed E-state index contributed by atoms with van der Waals surface area (Å²) in [5, 5.41) is 4.08. The van der Waals surface area contributed by atoms with Crippen molar-refractivity contribution in [3.8, 4) is 17.2 Å². The molecule has 5 rings (SSSR count). The number of carbonyl (C=O) groups excluding carboxylic acids is 1. The van der Waals surface area contributed by atoms with E-state index in [0.717, 1.165) is 42.8 Å². The van der Waals surface area contributed by atoms with Crippen LogP contribution < -0.4 is 4.74 Å². The molecule has 0 atom stereocenters.